The number of ether oxygens (including phenoxy) is 2. The summed E-state index contributed by atoms with van der Waals surface area (Å²) in [5.74, 6) is 0.649. The van der Waals surface area contributed by atoms with Crippen molar-refractivity contribution in [3.63, 3.8) is 0 Å². The molecule has 1 heterocycles. The highest BCUT2D eigenvalue weighted by molar-refractivity contribution is 4.75. The van der Waals surface area contributed by atoms with Crippen molar-refractivity contribution in [1.29, 1.82) is 0 Å². The lowest BCUT2D eigenvalue weighted by molar-refractivity contribution is -0.00662. The van der Waals surface area contributed by atoms with Crippen LogP contribution in [0.5, 0.6) is 0 Å². The summed E-state index contributed by atoms with van der Waals surface area (Å²) in [6, 6.07) is 0. The maximum Gasteiger partial charge on any atom is 0.0624 e. The van der Waals surface area contributed by atoms with Gasteiger partial charge in [0.25, 0.3) is 0 Å². The molecule has 0 saturated carbocycles. The molecule has 0 aromatic carbocycles. The van der Waals surface area contributed by atoms with Crippen LogP contribution in [-0.4, -0.2) is 39.5 Å². The maximum absolute atomic E-state index is 5.78. The topological polar surface area (TPSA) is 30.5 Å². The van der Waals surface area contributed by atoms with Crippen molar-refractivity contribution in [2.24, 2.45) is 5.92 Å². The van der Waals surface area contributed by atoms with Crippen molar-refractivity contribution in [1.82, 2.24) is 5.32 Å². The number of rotatable bonds is 5. The number of nitrogens with one attached hydrogen (secondary N) is 1. The minimum Gasteiger partial charge on any atom is -0.385 e. The Morgan fingerprint density at radius 1 is 1.38 bits per heavy atom. The predicted molar refractivity (Wildman–Crippen MR) is 52.9 cm³/mol. The average Bonchev–Trinajstić information content (AvgIpc) is 2.15. The molecule has 13 heavy (non-hydrogen) atoms. The van der Waals surface area contributed by atoms with E-state index in [4.69, 9.17) is 9.47 Å². The molecule has 3 nitrogen and oxygen atoms in total. The van der Waals surface area contributed by atoms with E-state index in [1.54, 1.807) is 7.11 Å². The molecule has 1 N–H and O–H groups in total. The van der Waals surface area contributed by atoms with Crippen LogP contribution in [0.15, 0.2) is 0 Å². The largest absolute Gasteiger partial charge is 0.385 e. The van der Waals surface area contributed by atoms with E-state index in [0.717, 1.165) is 39.1 Å². The van der Waals surface area contributed by atoms with Crippen LogP contribution in [0.25, 0.3) is 0 Å². The molecule has 0 bridgehead atoms. The monoisotopic (exact) mass is 187 g/mol. The van der Waals surface area contributed by atoms with E-state index in [2.05, 4.69) is 12.2 Å². The second-order valence-corrected chi connectivity index (χ2v) is 3.73. The quantitative estimate of drug-likeness (QED) is 0.652. The SMILES string of the molecule is COCCCOC1CCNCC1C. The Balaban J connectivity index is 2.05. The van der Waals surface area contributed by atoms with Gasteiger partial charge in [-0.15, -0.1) is 0 Å². The summed E-state index contributed by atoms with van der Waals surface area (Å²) >= 11 is 0. The number of hydrogen-bond donors (Lipinski definition) is 1. The van der Waals surface area contributed by atoms with E-state index in [0.29, 0.717) is 12.0 Å². The first-order chi connectivity index (χ1) is 6.34. The number of methoxy groups -OCH3 is 1. The van der Waals surface area contributed by atoms with Gasteiger partial charge in [-0.2, -0.15) is 0 Å². The predicted octanol–water partition coefficient (Wildman–Crippen LogP) is 1.04. The summed E-state index contributed by atoms with van der Waals surface area (Å²) in [6.07, 6.45) is 2.61. The molecular weight excluding hydrogens is 166 g/mol. The van der Waals surface area contributed by atoms with E-state index in [1.807, 2.05) is 0 Å². The Morgan fingerprint density at radius 2 is 2.23 bits per heavy atom. The zero-order valence-corrected chi connectivity index (χ0v) is 8.71. The normalized spacial score (nSPS) is 29.1. The van der Waals surface area contributed by atoms with E-state index in [1.165, 1.54) is 0 Å². The van der Waals surface area contributed by atoms with Crippen molar-refractivity contribution < 1.29 is 9.47 Å². The molecule has 2 atom stereocenters. The minimum absolute atomic E-state index is 0.457. The molecule has 1 aliphatic heterocycles. The van der Waals surface area contributed by atoms with Gasteiger partial charge in [0.2, 0.25) is 0 Å². The van der Waals surface area contributed by atoms with Gasteiger partial charge in [-0.05, 0) is 25.3 Å². The fraction of sp³-hybridized carbons (Fsp3) is 1.00. The highest BCUT2D eigenvalue weighted by Gasteiger charge is 2.20. The minimum atomic E-state index is 0.457. The Morgan fingerprint density at radius 3 is 2.92 bits per heavy atom. The lowest BCUT2D eigenvalue weighted by Crippen LogP contribution is -2.40. The van der Waals surface area contributed by atoms with Crippen molar-refractivity contribution in [2.75, 3.05) is 33.4 Å². The summed E-state index contributed by atoms with van der Waals surface area (Å²) in [4.78, 5) is 0. The summed E-state index contributed by atoms with van der Waals surface area (Å²) in [6.45, 7) is 6.07. The Bertz CT molecular complexity index is 130. The van der Waals surface area contributed by atoms with Crippen molar-refractivity contribution in [2.45, 2.75) is 25.9 Å². The van der Waals surface area contributed by atoms with Gasteiger partial charge in [0.05, 0.1) is 6.10 Å². The third-order valence-electron chi connectivity index (χ3n) is 2.53. The zero-order valence-electron chi connectivity index (χ0n) is 8.71. The van der Waals surface area contributed by atoms with Crippen LogP contribution in [0.4, 0.5) is 0 Å². The van der Waals surface area contributed by atoms with Gasteiger partial charge in [0.15, 0.2) is 0 Å². The molecule has 0 aromatic rings. The lowest BCUT2D eigenvalue weighted by atomic mass is 9.98. The Kier molecular flexibility index (Phi) is 5.35. The fourth-order valence-corrected chi connectivity index (χ4v) is 1.68. The molecule has 1 aliphatic rings. The van der Waals surface area contributed by atoms with Gasteiger partial charge in [-0.1, -0.05) is 6.92 Å². The molecule has 0 amide bonds. The standard InChI is InChI=1S/C10H21NO2/c1-9-8-11-5-4-10(9)13-7-3-6-12-2/h9-11H,3-8H2,1-2H3. The lowest BCUT2D eigenvalue weighted by Gasteiger charge is -2.29. The summed E-state index contributed by atoms with van der Waals surface area (Å²) < 4.78 is 10.7. The van der Waals surface area contributed by atoms with Gasteiger partial charge in [0.1, 0.15) is 0 Å². The van der Waals surface area contributed by atoms with Crippen LogP contribution in [0, 0.1) is 5.92 Å². The highest BCUT2D eigenvalue weighted by Crippen LogP contribution is 2.14. The summed E-state index contributed by atoms with van der Waals surface area (Å²) in [7, 11) is 1.73. The molecule has 78 valence electrons. The Labute approximate surface area is 80.8 Å². The molecule has 1 fully saturated rings. The van der Waals surface area contributed by atoms with Crippen LogP contribution in [0.2, 0.25) is 0 Å². The molecule has 2 unspecified atom stereocenters. The Hall–Kier alpha value is -0.120. The number of hydrogen-bond acceptors (Lipinski definition) is 3. The molecule has 0 aliphatic carbocycles. The maximum atomic E-state index is 5.78. The highest BCUT2D eigenvalue weighted by atomic mass is 16.5. The van der Waals surface area contributed by atoms with Crippen LogP contribution in [0.1, 0.15) is 19.8 Å². The summed E-state index contributed by atoms with van der Waals surface area (Å²) in [5.41, 5.74) is 0. The van der Waals surface area contributed by atoms with Crippen molar-refractivity contribution >= 4 is 0 Å². The summed E-state index contributed by atoms with van der Waals surface area (Å²) in [5, 5.41) is 3.36. The van der Waals surface area contributed by atoms with Gasteiger partial charge >= 0.3 is 0 Å². The molecule has 0 spiro atoms. The van der Waals surface area contributed by atoms with Gasteiger partial charge in [-0.25, -0.2) is 0 Å². The van der Waals surface area contributed by atoms with E-state index < -0.39 is 0 Å². The first-order valence-electron chi connectivity index (χ1n) is 5.16. The molecule has 3 heteroatoms. The van der Waals surface area contributed by atoms with Gasteiger partial charge < -0.3 is 14.8 Å². The molecule has 1 saturated heterocycles. The van der Waals surface area contributed by atoms with Crippen LogP contribution in [0.3, 0.4) is 0 Å². The first-order valence-corrected chi connectivity index (χ1v) is 5.16. The smallest absolute Gasteiger partial charge is 0.0624 e. The van der Waals surface area contributed by atoms with E-state index in [-0.39, 0.29) is 0 Å². The molecule has 0 aromatic heterocycles. The second kappa shape index (κ2) is 6.35. The zero-order chi connectivity index (χ0) is 9.52. The van der Waals surface area contributed by atoms with E-state index in [9.17, 15) is 0 Å². The number of piperidine rings is 1. The molecular formula is C10H21NO2. The van der Waals surface area contributed by atoms with Crippen molar-refractivity contribution in [3.05, 3.63) is 0 Å². The van der Waals surface area contributed by atoms with Gasteiger partial charge in [-0.3, -0.25) is 0 Å². The second-order valence-electron chi connectivity index (χ2n) is 3.73. The van der Waals surface area contributed by atoms with Crippen molar-refractivity contribution in [3.8, 4) is 0 Å². The third-order valence-corrected chi connectivity index (χ3v) is 2.53. The molecule has 1 rings (SSSR count). The van der Waals surface area contributed by atoms with Crippen LogP contribution >= 0.6 is 0 Å². The van der Waals surface area contributed by atoms with Crippen LogP contribution < -0.4 is 5.32 Å². The van der Waals surface area contributed by atoms with Gasteiger partial charge in [0, 0.05) is 26.9 Å². The molecule has 0 radical (unpaired) electrons. The average molecular weight is 187 g/mol. The van der Waals surface area contributed by atoms with Crippen LogP contribution in [-0.2, 0) is 9.47 Å². The van der Waals surface area contributed by atoms with E-state index >= 15 is 0 Å². The fourth-order valence-electron chi connectivity index (χ4n) is 1.68. The third kappa shape index (κ3) is 4.07. The first kappa shape index (κ1) is 11.0.